The summed E-state index contributed by atoms with van der Waals surface area (Å²) in [6, 6.07) is 7.78. The Morgan fingerprint density at radius 2 is 2.00 bits per heavy atom. The maximum Gasteiger partial charge on any atom is 0.198 e. The van der Waals surface area contributed by atoms with E-state index in [1.54, 1.807) is 12.1 Å². The Labute approximate surface area is 137 Å². The van der Waals surface area contributed by atoms with Crippen LogP contribution in [0.4, 0.5) is 10.1 Å². The van der Waals surface area contributed by atoms with Crippen molar-refractivity contribution in [1.29, 1.82) is 0 Å². The number of carbonyl (C=O) groups is 1. The van der Waals surface area contributed by atoms with Crippen LogP contribution in [0.15, 0.2) is 34.8 Å². The number of ketones is 1. The van der Waals surface area contributed by atoms with E-state index < -0.39 is 5.82 Å². The third-order valence-corrected chi connectivity index (χ3v) is 4.06. The van der Waals surface area contributed by atoms with Crippen molar-refractivity contribution in [3.63, 3.8) is 0 Å². The van der Waals surface area contributed by atoms with Crippen molar-refractivity contribution in [3.05, 3.63) is 55.3 Å². The zero-order valence-corrected chi connectivity index (χ0v) is 14.2. The van der Waals surface area contributed by atoms with Gasteiger partial charge in [-0.15, -0.1) is 0 Å². The normalized spacial score (nSPS) is 10.4. The molecule has 0 bridgehead atoms. The summed E-state index contributed by atoms with van der Waals surface area (Å²) in [7, 11) is 1.49. The first-order valence-electron chi connectivity index (χ1n) is 5.56. The van der Waals surface area contributed by atoms with Gasteiger partial charge in [0, 0.05) is 13.6 Å². The standard InChI is InChI=1S/C14H10BrFINO2/c1-20-13-3-2-7(17)4-9(13)14(19)8-5-12(18)11(16)6-10(8)15/h2-6H,18H2,1H3. The van der Waals surface area contributed by atoms with Gasteiger partial charge in [-0.1, -0.05) is 0 Å². The minimum Gasteiger partial charge on any atom is -0.496 e. The quantitative estimate of drug-likeness (QED) is 0.437. The van der Waals surface area contributed by atoms with Crippen molar-refractivity contribution in [3.8, 4) is 5.75 Å². The van der Waals surface area contributed by atoms with Crippen molar-refractivity contribution in [2.75, 3.05) is 12.8 Å². The molecule has 0 aromatic heterocycles. The Kier molecular flexibility index (Phi) is 4.64. The Balaban J connectivity index is 2.57. The highest BCUT2D eigenvalue weighted by Gasteiger charge is 2.19. The molecule has 2 aromatic rings. The molecule has 104 valence electrons. The highest BCUT2D eigenvalue weighted by atomic mass is 127. The number of anilines is 1. The van der Waals surface area contributed by atoms with Crippen LogP contribution in [0, 0.1) is 9.39 Å². The summed E-state index contributed by atoms with van der Waals surface area (Å²) in [4.78, 5) is 12.6. The molecule has 0 amide bonds. The summed E-state index contributed by atoms with van der Waals surface area (Å²) >= 11 is 5.29. The van der Waals surface area contributed by atoms with Crippen molar-refractivity contribution >= 4 is 50.0 Å². The summed E-state index contributed by atoms with van der Waals surface area (Å²) < 4.78 is 19.8. The van der Waals surface area contributed by atoms with E-state index in [0.29, 0.717) is 21.3 Å². The highest BCUT2D eigenvalue weighted by molar-refractivity contribution is 14.1. The minimum atomic E-state index is -0.567. The van der Waals surface area contributed by atoms with Crippen LogP contribution in [0.1, 0.15) is 15.9 Å². The molecule has 0 atom stereocenters. The average molecular weight is 450 g/mol. The monoisotopic (exact) mass is 449 g/mol. The molecule has 0 aliphatic rings. The molecule has 0 aliphatic heterocycles. The van der Waals surface area contributed by atoms with Crippen molar-refractivity contribution in [1.82, 2.24) is 0 Å². The summed E-state index contributed by atoms with van der Waals surface area (Å²) in [6.45, 7) is 0. The first-order chi connectivity index (χ1) is 9.43. The average Bonchev–Trinajstić information content (AvgIpc) is 2.42. The van der Waals surface area contributed by atoms with Gasteiger partial charge in [0.2, 0.25) is 0 Å². The van der Waals surface area contributed by atoms with Crippen LogP contribution in [0.2, 0.25) is 0 Å². The fourth-order valence-electron chi connectivity index (χ4n) is 1.74. The molecular formula is C14H10BrFINO2. The van der Waals surface area contributed by atoms with Crippen LogP contribution in [-0.4, -0.2) is 12.9 Å². The van der Waals surface area contributed by atoms with E-state index in [2.05, 4.69) is 38.5 Å². The number of carbonyl (C=O) groups excluding carboxylic acids is 1. The van der Waals surface area contributed by atoms with Gasteiger partial charge in [-0.3, -0.25) is 4.79 Å². The molecule has 2 rings (SSSR count). The third-order valence-electron chi connectivity index (χ3n) is 2.74. The van der Waals surface area contributed by atoms with E-state index in [0.717, 1.165) is 3.57 Å². The maximum absolute atomic E-state index is 13.3. The van der Waals surface area contributed by atoms with Crippen LogP contribution in [0.5, 0.6) is 5.75 Å². The van der Waals surface area contributed by atoms with Gasteiger partial charge in [0.1, 0.15) is 11.6 Å². The fourth-order valence-corrected chi connectivity index (χ4v) is 2.73. The lowest BCUT2D eigenvalue weighted by atomic mass is 10.0. The molecule has 0 radical (unpaired) electrons. The van der Waals surface area contributed by atoms with Gasteiger partial charge in [-0.05, 0) is 68.9 Å². The molecular weight excluding hydrogens is 440 g/mol. The summed E-state index contributed by atoms with van der Waals surface area (Å²) in [6.07, 6.45) is 0. The molecule has 0 aliphatic carbocycles. The summed E-state index contributed by atoms with van der Waals surface area (Å²) in [5.41, 5.74) is 6.16. The SMILES string of the molecule is COc1ccc(I)cc1C(=O)c1cc(N)c(F)cc1Br. The molecule has 0 saturated heterocycles. The fraction of sp³-hybridized carbons (Fsp3) is 0.0714. The van der Waals surface area contributed by atoms with E-state index in [1.807, 2.05) is 6.07 Å². The van der Waals surface area contributed by atoms with Gasteiger partial charge in [0.15, 0.2) is 5.78 Å². The van der Waals surface area contributed by atoms with E-state index in [4.69, 9.17) is 10.5 Å². The highest BCUT2D eigenvalue weighted by Crippen LogP contribution is 2.29. The van der Waals surface area contributed by atoms with Gasteiger partial charge in [0.25, 0.3) is 0 Å². The van der Waals surface area contributed by atoms with Gasteiger partial charge in [0.05, 0.1) is 18.4 Å². The molecule has 0 saturated carbocycles. The van der Waals surface area contributed by atoms with Crippen LogP contribution in [0.3, 0.4) is 0 Å². The number of nitrogen functional groups attached to an aromatic ring is 1. The van der Waals surface area contributed by atoms with Gasteiger partial charge in [-0.25, -0.2) is 4.39 Å². The number of halogens is 3. The van der Waals surface area contributed by atoms with Crippen LogP contribution in [-0.2, 0) is 0 Å². The number of nitrogens with two attached hydrogens (primary N) is 1. The van der Waals surface area contributed by atoms with E-state index in [9.17, 15) is 9.18 Å². The molecule has 0 unspecified atom stereocenters. The van der Waals surface area contributed by atoms with Crippen LogP contribution < -0.4 is 10.5 Å². The second-order valence-corrected chi connectivity index (χ2v) is 6.13. The summed E-state index contributed by atoms with van der Waals surface area (Å²) in [5, 5.41) is 0. The second-order valence-electron chi connectivity index (χ2n) is 4.03. The van der Waals surface area contributed by atoms with Crippen molar-refractivity contribution < 1.29 is 13.9 Å². The van der Waals surface area contributed by atoms with Crippen molar-refractivity contribution in [2.24, 2.45) is 0 Å². The molecule has 3 nitrogen and oxygen atoms in total. The van der Waals surface area contributed by atoms with Crippen LogP contribution >= 0.6 is 38.5 Å². The van der Waals surface area contributed by atoms with Crippen molar-refractivity contribution in [2.45, 2.75) is 0 Å². The number of rotatable bonds is 3. The maximum atomic E-state index is 13.3. The van der Waals surface area contributed by atoms with Gasteiger partial charge < -0.3 is 10.5 Å². The minimum absolute atomic E-state index is 0.0684. The molecule has 2 N–H and O–H groups in total. The van der Waals surface area contributed by atoms with E-state index >= 15 is 0 Å². The third kappa shape index (κ3) is 2.95. The lowest BCUT2D eigenvalue weighted by molar-refractivity contribution is 0.103. The molecule has 0 fully saturated rings. The first kappa shape index (κ1) is 15.2. The lowest BCUT2D eigenvalue weighted by Crippen LogP contribution is -2.07. The smallest absolute Gasteiger partial charge is 0.198 e. The Bertz CT molecular complexity index is 691. The predicted octanol–water partition coefficient (Wildman–Crippen LogP) is 4.01. The second kappa shape index (κ2) is 6.09. The van der Waals surface area contributed by atoms with Gasteiger partial charge >= 0.3 is 0 Å². The van der Waals surface area contributed by atoms with Crippen LogP contribution in [0.25, 0.3) is 0 Å². The number of hydrogen-bond donors (Lipinski definition) is 1. The summed E-state index contributed by atoms with van der Waals surface area (Å²) in [5.74, 6) is -0.382. The Morgan fingerprint density at radius 3 is 2.65 bits per heavy atom. The lowest BCUT2D eigenvalue weighted by Gasteiger charge is -2.10. The van der Waals surface area contributed by atoms with Gasteiger partial charge in [-0.2, -0.15) is 0 Å². The zero-order chi connectivity index (χ0) is 14.9. The number of ether oxygens (including phenoxy) is 1. The molecule has 2 aromatic carbocycles. The number of benzene rings is 2. The Hall–Kier alpha value is -1.15. The van der Waals surface area contributed by atoms with E-state index in [1.165, 1.54) is 19.2 Å². The number of hydrogen-bond acceptors (Lipinski definition) is 3. The van der Waals surface area contributed by atoms with E-state index in [-0.39, 0.29) is 11.5 Å². The zero-order valence-electron chi connectivity index (χ0n) is 10.4. The first-order valence-corrected chi connectivity index (χ1v) is 7.44. The topological polar surface area (TPSA) is 52.3 Å². The molecule has 6 heteroatoms. The predicted molar refractivity (Wildman–Crippen MR) is 87.7 cm³/mol. The molecule has 20 heavy (non-hydrogen) atoms. The Morgan fingerprint density at radius 1 is 1.30 bits per heavy atom. The largest absolute Gasteiger partial charge is 0.496 e. The molecule has 0 heterocycles. The molecule has 0 spiro atoms. The number of methoxy groups -OCH3 is 1.